The molecule has 84 valence electrons. The molecule has 0 radical (unpaired) electrons. The maximum atomic E-state index is 5.87. The lowest BCUT2D eigenvalue weighted by atomic mass is 10.1. The van der Waals surface area contributed by atoms with Crippen LogP contribution < -0.4 is 5.73 Å². The minimum absolute atomic E-state index is 0.444. The summed E-state index contributed by atoms with van der Waals surface area (Å²) in [7, 11) is 1.99. The van der Waals surface area contributed by atoms with Crippen LogP contribution in [0.15, 0.2) is 24.3 Å². The van der Waals surface area contributed by atoms with E-state index in [2.05, 4.69) is 4.98 Å². The summed E-state index contributed by atoms with van der Waals surface area (Å²) >= 11 is 5.87. The molecule has 1 aromatic heterocycles. The van der Waals surface area contributed by atoms with Gasteiger partial charge in [0.1, 0.15) is 5.82 Å². The van der Waals surface area contributed by atoms with Gasteiger partial charge in [-0.15, -0.1) is 0 Å². The Kier molecular flexibility index (Phi) is 2.99. The number of hydrogen-bond acceptors (Lipinski definition) is 2. The SMILES string of the molecule is Cc1nc(CN)c(-c2ccc(Cl)cc2)n1C. The first kappa shape index (κ1) is 11.2. The molecule has 4 heteroatoms. The first-order chi connectivity index (χ1) is 7.63. The third-order valence-corrected chi connectivity index (χ3v) is 2.95. The zero-order chi connectivity index (χ0) is 11.7. The average molecular weight is 236 g/mol. The summed E-state index contributed by atoms with van der Waals surface area (Å²) in [6, 6.07) is 7.72. The topological polar surface area (TPSA) is 43.8 Å². The van der Waals surface area contributed by atoms with Crippen molar-refractivity contribution in [1.29, 1.82) is 0 Å². The van der Waals surface area contributed by atoms with Crippen molar-refractivity contribution in [1.82, 2.24) is 9.55 Å². The Hall–Kier alpha value is -1.32. The van der Waals surface area contributed by atoms with Crippen LogP contribution in [0.2, 0.25) is 5.02 Å². The highest BCUT2D eigenvalue weighted by Crippen LogP contribution is 2.25. The zero-order valence-corrected chi connectivity index (χ0v) is 10.1. The molecule has 0 saturated heterocycles. The summed E-state index contributed by atoms with van der Waals surface area (Å²) in [5, 5.41) is 0.733. The van der Waals surface area contributed by atoms with Crippen LogP contribution >= 0.6 is 11.6 Å². The maximum absolute atomic E-state index is 5.87. The van der Waals surface area contributed by atoms with Crippen LogP contribution in [-0.4, -0.2) is 9.55 Å². The van der Waals surface area contributed by atoms with E-state index in [4.69, 9.17) is 17.3 Å². The number of aromatic nitrogens is 2. The minimum atomic E-state index is 0.444. The van der Waals surface area contributed by atoms with Crippen molar-refractivity contribution in [2.45, 2.75) is 13.5 Å². The molecule has 1 aromatic carbocycles. The average Bonchev–Trinajstić information content (AvgIpc) is 2.57. The van der Waals surface area contributed by atoms with E-state index in [1.807, 2.05) is 42.8 Å². The number of nitrogens with two attached hydrogens (primary N) is 1. The summed E-state index contributed by atoms with van der Waals surface area (Å²) in [5.41, 5.74) is 8.77. The van der Waals surface area contributed by atoms with Crippen molar-refractivity contribution < 1.29 is 0 Å². The summed E-state index contributed by atoms with van der Waals surface area (Å²) in [6.07, 6.45) is 0. The molecule has 0 aliphatic heterocycles. The highest BCUT2D eigenvalue weighted by Gasteiger charge is 2.12. The molecule has 2 aromatic rings. The van der Waals surface area contributed by atoms with Crippen LogP contribution in [-0.2, 0) is 13.6 Å². The molecule has 0 aliphatic rings. The molecule has 3 nitrogen and oxygen atoms in total. The van der Waals surface area contributed by atoms with Crippen molar-refractivity contribution in [3.63, 3.8) is 0 Å². The van der Waals surface area contributed by atoms with E-state index in [0.717, 1.165) is 27.8 Å². The molecule has 0 amide bonds. The predicted octanol–water partition coefficient (Wildman–Crippen LogP) is 2.51. The molecule has 2 rings (SSSR count). The number of hydrogen-bond donors (Lipinski definition) is 1. The van der Waals surface area contributed by atoms with E-state index in [-0.39, 0.29) is 0 Å². The normalized spacial score (nSPS) is 10.8. The Morgan fingerprint density at radius 3 is 2.50 bits per heavy atom. The molecule has 0 unspecified atom stereocenters. The standard InChI is InChI=1S/C12H14ClN3/c1-8-15-11(7-14)12(16(8)2)9-3-5-10(13)6-4-9/h3-6H,7,14H2,1-2H3. The van der Waals surface area contributed by atoms with Crippen LogP contribution in [0.3, 0.4) is 0 Å². The Balaban J connectivity index is 2.58. The van der Waals surface area contributed by atoms with E-state index in [1.165, 1.54) is 0 Å². The monoisotopic (exact) mass is 235 g/mol. The molecule has 0 saturated carbocycles. The Morgan fingerprint density at radius 1 is 1.31 bits per heavy atom. The molecule has 0 atom stereocenters. The second-order valence-electron chi connectivity index (χ2n) is 3.72. The van der Waals surface area contributed by atoms with Crippen LogP contribution in [0.4, 0.5) is 0 Å². The van der Waals surface area contributed by atoms with Crippen molar-refractivity contribution in [3.05, 3.63) is 40.8 Å². The van der Waals surface area contributed by atoms with Gasteiger partial charge >= 0.3 is 0 Å². The minimum Gasteiger partial charge on any atom is -0.331 e. The highest BCUT2D eigenvalue weighted by molar-refractivity contribution is 6.30. The lowest BCUT2D eigenvalue weighted by molar-refractivity contribution is 0.865. The summed E-state index contributed by atoms with van der Waals surface area (Å²) < 4.78 is 2.05. The second-order valence-corrected chi connectivity index (χ2v) is 4.16. The molecule has 0 spiro atoms. The predicted molar refractivity (Wildman–Crippen MR) is 66.3 cm³/mol. The number of halogens is 1. The number of rotatable bonds is 2. The fraction of sp³-hybridized carbons (Fsp3) is 0.250. The molecule has 2 N–H and O–H groups in total. The van der Waals surface area contributed by atoms with Gasteiger partial charge in [0.2, 0.25) is 0 Å². The second kappa shape index (κ2) is 4.28. The Bertz CT molecular complexity index is 500. The van der Waals surface area contributed by atoms with E-state index in [9.17, 15) is 0 Å². The maximum Gasteiger partial charge on any atom is 0.106 e. The fourth-order valence-corrected chi connectivity index (χ4v) is 1.91. The van der Waals surface area contributed by atoms with E-state index in [1.54, 1.807) is 0 Å². The number of nitrogens with zero attached hydrogens (tertiary/aromatic N) is 2. The van der Waals surface area contributed by atoms with Gasteiger partial charge in [-0.25, -0.2) is 4.98 Å². The van der Waals surface area contributed by atoms with Crippen molar-refractivity contribution >= 4 is 11.6 Å². The molecule has 1 heterocycles. The Morgan fingerprint density at radius 2 is 1.94 bits per heavy atom. The van der Waals surface area contributed by atoms with Crippen LogP contribution in [0.5, 0.6) is 0 Å². The molecule has 16 heavy (non-hydrogen) atoms. The molecule has 0 fully saturated rings. The van der Waals surface area contributed by atoms with Crippen molar-refractivity contribution in [2.24, 2.45) is 12.8 Å². The van der Waals surface area contributed by atoms with E-state index < -0.39 is 0 Å². The summed E-state index contributed by atoms with van der Waals surface area (Å²) in [5.74, 6) is 0.963. The third-order valence-electron chi connectivity index (χ3n) is 2.70. The van der Waals surface area contributed by atoms with Crippen LogP contribution in [0.1, 0.15) is 11.5 Å². The molecular formula is C12H14ClN3. The van der Waals surface area contributed by atoms with Crippen molar-refractivity contribution in [2.75, 3.05) is 0 Å². The van der Waals surface area contributed by atoms with Crippen LogP contribution in [0, 0.1) is 6.92 Å². The fourth-order valence-electron chi connectivity index (χ4n) is 1.79. The summed E-state index contributed by atoms with van der Waals surface area (Å²) in [4.78, 5) is 4.43. The van der Waals surface area contributed by atoms with Gasteiger partial charge in [-0.05, 0) is 19.1 Å². The van der Waals surface area contributed by atoms with Gasteiger partial charge in [-0.3, -0.25) is 0 Å². The zero-order valence-electron chi connectivity index (χ0n) is 9.37. The van der Waals surface area contributed by atoms with Gasteiger partial charge in [0, 0.05) is 24.2 Å². The molecule has 0 bridgehead atoms. The Labute approximate surface area is 99.9 Å². The van der Waals surface area contributed by atoms with Gasteiger partial charge in [0.25, 0.3) is 0 Å². The largest absolute Gasteiger partial charge is 0.331 e. The first-order valence-corrected chi connectivity index (χ1v) is 5.49. The smallest absolute Gasteiger partial charge is 0.106 e. The molecular weight excluding hydrogens is 222 g/mol. The third kappa shape index (κ3) is 1.84. The lowest BCUT2D eigenvalue weighted by Gasteiger charge is -2.06. The van der Waals surface area contributed by atoms with Gasteiger partial charge < -0.3 is 10.3 Å². The van der Waals surface area contributed by atoms with E-state index >= 15 is 0 Å². The number of aryl methyl sites for hydroxylation is 1. The lowest BCUT2D eigenvalue weighted by Crippen LogP contribution is -2.00. The number of benzene rings is 1. The van der Waals surface area contributed by atoms with Crippen molar-refractivity contribution in [3.8, 4) is 11.3 Å². The van der Waals surface area contributed by atoms with Gasteiger partial charge in [0.15, 0.2) is 0 Å². The quantitative estimate of drug-likeness (QED) is 0.869. The highest BCUT2D eigenvalue weighted by atomic mass is 35.5. The number of imidazole rings is 1. The summed E-state index contributed by atoms with van der Waals surface area (Å²) in [6.45, 7) is 2.41. The van der Waals surface area contributed by atoms with Gasteiger partial charge in [-0.1, -0.05) is 23.7 Å². The first-order valence-electron chi connectivity index (χ1n) is 5.11. The van der Waals surface area contributed by atoms with Gasteiger partial charge in [0.05, 0.1) is 11.4 Å². The van der Waals surface area contributed by atoms with Gasteiger partial charge in [-0.2, -0.15) is 0 Å². The van der Waals surface area contributed by atoms with Crippen LogP contribution in [0.25, 0.3) is 11.3 Å². The van der Waals surface area contributed by atoms with E-state index in [0.29, 0.717) is 6.54 Å². The molecule has 0 aliphatic carbocycles.